The molecule has 0 spiro atoms. The molecule has 0 aliphatic rings. The monoisotopic (exact) mass is 482 g/mol. The molecule has 0 N–H and O–H groups in total. The summed E-state index contributed by atoms with van der Waals surface area (Å²) in [5, 5.41) is 0. The molecule has 0 aliphatic heterocycles. The van der Waals surface area contributed by atoms with E-state index in [1.54, 1.807) is 0 Å². The molecule has 1 unspecified atom stereocenters. The van der Waals surface area contributed by atoms with E-state index in [9.17, 15) is 9.59 Å². The van der Waals surface area contributed by atoms with E-state index in [-0.39, 0.29) is 17.9 Å². The van der Waals surface area contributed by atoms with Crippen LogP contribution in [-0.2, 0) is 19.1 Å². The summed E-state index contributed by atoms with van der Waals surface area (Å²) in [5.74, 6) is 0.109. The molecule has 0 saturated carbocycles. The van der Waals surface area contributed by atoms with Gasteiger partial charge in [0.05, 0.1) is 19.1 Å². The van der Waals surface area contributed by atoms with E-state index in [2.05, 4.69) is 20.8 Å². The number of hydrogen-bond donors (Lipinski definition) is 0. The number of rotatable bonds is 26. The van der Waals surface area contributed by atoms with Crippen molar-refractivity contribution < 1.29 is 19.1 Å². The molecule has 0 aliphatic carbocycles. The first-order valence-electron chi connectivity index (χ1n) is 15.0. The van der Waals surface area contributed by atoms with Gasteiger partial charge in [0.25, 0.3) is 0 Å². The Bertz CT molecular complexity index is 449. The molecule has 4 heteroatoms. The summed E-state index contributed by atoms with van der Waals surface area (Å²) in [7, 11) is 0. The Hall–Kier alpha value is -1.06. The summed E-state index contributed by atoms with van der Waals surface area (Å²) < 4.78 is 10.8. The second-order valence-electron chi connectivity index (χ2n) is 10.0. The normalized spacial score (nSPS) is 12.0. The van der Waals surface area contributed by atoms with Crippen molar-refractivity contribution in [3.8, 4) is 0 Å². The van der Waals surface area contributed by atoms with Crippen LogP contribution in [-0.4, -0.2) is 25.2 Å². The highest BCUT2D eigenvalue weighted by Crippen LogP contribution is 2.18. The fourth-order valence-electron chi connectivity index (χ4n) is 4.35. The highest BCUT2D eigenvalue weighted by molar-refractivity contribution is 5.72. The highest BCUT2D eigenvalue weighted by Gasteiger charge is 2.17. The molecule has 0 aromatic rings. The van der Waals surface area contributed by atoms with Crippen molar-refractivity contribution >= 4 is 11.9 Å². The number of hydrogen-bond acceptors (Lipinski definition) is 4. The minimum atomic E-state index is -0.0129. The van der Waals surface area contributed by atoms with E-state index < -0.39 is 0 Å². The third-order valence-corrected chi connectivity index (χ3v) is 6.76. The van der Waals surface area contributed by atoms with Crippen LogP contribution in [0.25, 0.3) is 0 Å². The molecule has 0 aromatic carbocycles. The van der Waals surface area contributed by atoms with Crippen molar-refractivity contribution in [2.45, 2.75) is 162 Å². The van der Waals surface area contributed by atoms with Crippen molar-refractivity contribution in [3.63, 3.8) is 0 Å². The van der Waals surface area contributed by atoms with Gasteiger partial charge in [-0.05, 0) is 32.1 Å². The summed E-state index contributed by atoms with van der Waals surface area (Å²) in [5.41, 5.74) is 0. The largest absolute Gasteiger partial charge is 0.466 e. The lowest BCUT2D eigenvalue weighted by Crippen LogP contribution is -2.17. The maximum atomic E-state index is 12.2. The van der Waals surface area contributed by atoms with Crippen LogP contribution in [0.1, 0.15) is 162 Å². The Kier molecular flexibility index (Phi) is 25.7. The van der Waals surface area contributed by atoms with Gasteiger partial charge in [-0.1, -0.05) is 124 Å². The summed E-state index contributed by atoms with van der Waals surface area (Å²) in [6, 6.07) is 0. The predicted octanol–water partition coefficient (Wildman–Crippen LogP) is 9.33. The average Bonchev–Trinajstić information content (AvgIpc) is 2.84. The Morgan fingerprint density at radius 2 is 0.971 bits per heavy atom. The Morgan fingerprint density at radius 3 is 1.47 bits per heavy atom. The van der Waals surface area contributed by atoms with Crippen molar-refractivity contribution in [2.24, 2.45) is 5.92 Å². The summed E-state index contributed by atoms with van der Waals surface area (Å²) in [6.07, 6.45) is 25.2. The molecule has 0 heterocycles. The van der Waals surface area contributed by atoms with E-state index in [0.717, 1.165) is 51.4 Å². The lowest BCUT2D eigenvalue weighted by atomic mass is 9.97. The first-order valence-corrected chi connectivity index (χ1v) is 15.0. The molecule has 0 amide bonds. The molecule has 0 aromatic heterocycles. The molecular weight excluding hydrogens is 424 g/mol. The highest BCUT2D eigenvalue weighted by atomic mass is 16.5. The fraction of sp³-hybridized carbons (Fsp3) is 0.933. The first kappa shape index (κ1) is 32.9. The molecule has 0 radical (unpaired) electrons. The second kappa shape index (κ2) is 26.5. The number of esters is 2. The predicted molar refractivity (Wildman–Crippen MR) is 144 cm³/mol. The zero-order valence-corrected chi connectivity index (χ0v) is 23.2. The lowest BCUT2D eigenvalue weighted by molar-refractivity contribution is -0.149. The molecule has 202 valence electrons. The van der Waals surface area contributed by atoms with E-state index in [1.807, 2.05) is 0 Å². The van der Waals surface area contributed by atoms with Gasteiger partial charge < -0.3 is 9.47 Å². The summed E-state index contributed by atoms with van der Waals surface area (Å²) in [6.45, 7) is 7.68. The molecule has 34 heavy (non-hydrogen) atoms. The van der Waals surface area contributed by atoms with Gasteiger partial charge in [0.2, 0.25) is 0 Å². The van der Waals surface area contributed by atoms with Gasteiger partial charge in [0, 0.05) is 6.42 Å². The van der Waals surface area contributed by atoms with Crippen molar-refractivity contribution in [2.75, 3.05) is 13.2 Å². The second-order valence-corrected chi connectivity index (χ2v) is 10.0. The van der Waals surface area contributed by atoms with Gasteiger partial charge in [0.15, 0.2) is 0 Å². The zero-order chi connectivity index (χ0) is 25.1. The zero-order valence-electron chi connectivity index (χ0n) is 23.2. The maximum Gasteiger partial charge on any atom is 0.308 e. The van der Waals surface area contributed by atoms with Gasteiger partial charge >= 0.3 is 11.9 Å². The number of carbonyl (C=O) groups excluding carboxylic acids is 2. The standard InChI is InChI=1S/C30H58O4/c1-4-7-9-22-26-33-29(31)25-21-19-17-15-13-11-12-14-16-18-20-24-28(6-3)30(32)34-27-23-10-8-5-2/h28H,4-27H2,1-3H3. The van der Waals surface area contributed by atoms with Gasteiger partial charge in [-0.15, -0.1) is 0 Å². The fourth-order valence-corrected chi connectivity index (χ4v) is 4.35. The number of ether oxygens (including phenoxy) is 2. The maximum absolute atomic E-state index is 12.2. The van der Waals surface area contributed by atoms with Crippen LogP contribution < -0.4 is 0 Å². The molecule has 0 fully saturated rings. The van der Waals surface area contributed by atoms with E-state index in [1.165, 1.54) is 83.5 Å². The van der Waals surface area contributed by atoms with Crippen LogP contribution in [0.5, 0.6) is 0 Å². The van der Waals surface area contributed by atoms with Crippen molar-refractivity contribution in [1.29, 1.82) is 0 Å². The lowest BCUT2D eigenvalue weighted by Gasteiger charge is -2.14. The minimum absolute atomic E-state index is 0.0129. The first-order chi connectivity index (χ1) is 16.7. The molecular formula is C30H58O4. The van der Waals surface area contributed by atoms with Crippen LogP contribution in [0.4, 0.5) is 0 Å². The number of carbonyl (C=O) groups is 2. The SMILES string of the molecule is CCCCCCOC(=O)CCCCCCCCCCCCCC(CC)C(=O)OCCCCCC. The van der Waals surface area contributed by atoms with E-state index in [0.29, 0.717) is 19.6 Å². The molecule has 4 nitrogen and oxygen atoms in total. The van der Waals surface area contributed by atoms with E-state index in [4.69, 9.17) is 9.47 Å². The smallest absolute Gasteiger partial charge is 0.308 e. The topological polar surface area (TPSA) is 52.6 Å². The molecule has 1 atom stereocenters. The molecule has 0 rings (SSSR count). The van der Waals surface area contributed by atoms with Crippen LogP contribution in [0.15, 0.2) is 0 Å². The molecule has 0 saturated heterocycles. The average molecular weight is 483 g/mol. The Labute approximate surface area is 212 Å². The van der Waals surface area contributed by atoms with Gasteiger partial charge in [-0.3, -0.25) is 9.59 Å². The third-order valence-electron chi connectivity index (χ3n) is 6.76. The Balaban J connectivity index is 3.40. The van der Waals surface area contributed by atoms with Crippen LogP contribution in [0.3, 0.4) is 0 Å². The van der Waals surface area contributed by atoms with Crippen LogP contribution in [0.2, 0.25) is 0 Å². The van der Waals surface area contributed by atoms with Gasteiger partial charge in [-0.25, -0.2) is 0 Å². The number of unbranched alkanes of at least 4 members (excludes halogenated alkanes) is 16. The minimum Gasteiger partial charge on any atom is -0.466 e. The molecule has 0 bridgehead atoms. The van der Waals surface area contributed by atoms with Crippen molar-refractivity contribution in [1.82, 2.24) is 0 Å². The van der Waals surface area contributed by atoms with Gasteiger partial charge in [-0.2, -0.15) is 0 Å². The van der Waals surface area contributed by atoms with Crippen molar-refractivity contribution in [3.05, 3.63) is 0 Å². The van der Waals surface area contributed by atoms with E-state index >= 15 is 0 Å². The van der Waals surface area contributed by atoms with Gasteiger partial charge in [0.1, 0.15) is 0 Å². The third kappa shape index (κ3) is 22.7. The van der Waals surface area contributed by atoms with Crippen LogP contribution >= 0.6 is 0 Å². The Morgan fingerprint density at radius 1 is 0.529 bits per heavy atom. The summed E-state index contributed by atoms with van der Waals surface area (Å²) >= 11 is 0. The van der Waals surface area contributed by atoms with Crippen LogP contribution in [0, 0.1) is 5.92 Å². The quantitative estimate of drug-likeness (QED) is 0.0910. The summed E-state index contributed by atoms with van der Waals surface area (Å²) in [4.78, 5) is 23.9.